The number of H-pyrrole nitrogens is 1. The summed E-state index contributed by atoms with van der Waals surface area (Å²) in [6.45, 7) is 8.84. The molecule has 0 bridgehead atoms. The third-order valence-electron chi connectivity index (χ3n) is 9.33. The van der Waals surface area contributed by atoms with E-state index in [-0.39, 0.29) is 29.7 Å². The van der Waals surface area contributed by atoms with Gasteiger partial charge < -0.3 is 14.4 Å². The van der Waals surface area contributed by atoms with Gasteiger partial charge in [0.2, 0.25) is 17.7 Å². The van der Waals surface area contributed by atoms with Crippen LogP contribution in [0.2, 0.25) is 5.02 Å². The molecule has 12 heteroatoms. The van der Waals surface area contributed by atoms with Crippen LogP contribution in [-0.2, 0) is 11.3 Å². The highest BCUT2D eigenvalue weighted by Crippen LogP contribution is 2.39. The number of rotatable bonds is 6. The Hall–Kier alpha value is -3.73. The lowest BCUT2D eigenvalue weighted by Crippen LogP contribution is -2.59. The first-order valence-electron chi connectivity index (χ1n) is 15.4. The molecule has 1 saturated heterocycles. The molecule has 1 amide bonds. The van der Waals surface area contributed by atoms with Crippen molar-refractivity contribution in [2.24, 2.45) is 17.8 Å². The Morgan fingerprint density at radius 3 is 2.42 bits per heavy atom. The topological polar surface area (TPSA) is 126 Å². The summed E-state index contributed by atoms with van der Waals surface area (Å²) < 4.78 is 7.14. The molecule has 4 aromatic rings. The number of aromatic nitrogens is 6. The van der Waals surface area contributed by atoms with Crippen LogP contribution in [0.5, 0.6) is 0 Å². The fourth-order valence-electron chi connectivity index (χ4n) is 6.97. The highest BCUT2D eigenvalue weighted by molar-refractivity contribution is 6.30. The first-order valence-corrected chi connectivity index (χ1v) is 15.8. The minimum atomic E-state index is -0.651. The number of nitrogens with zero attached hydrogens (tertiary/aromatic N) is 7. The molecule has 2 atom stereocenters. The first-order chi connectivity index (χ1) is 20.7. The Labute approximate surface area is 254 Å². The predicted molar refractivity (Wildman–Crippen MR) is 164 cm³/mol. The van der Waals surface area contributed by atoms with Gasteiger partial charge in [-0.3, -0.25) is 19.3 Å². The van der Waals surface area contributed by atoms with Crippen LogP contribution in [0.25, 0.3) is 33.8 Å². The molecule has 2 saturated carbocycles. The molecular weight excluding hydrogens is 568 g/mol. The van der Waals surface area contributed by atoms with E-state index in [2.05, 4.69) is 45.4 Å². The van der Waals surface area contributed by atoms with Crippen molar-refractivity contribution in [1.82, 2.24) is 34.6 Å². The normalized spacial score (nSPS) is 24.6. The molecule has 0 spiro atoms. The van der Waals surface area contributed by atoms with Gasteiger partial charge in [-0.15, -0.1) is 0 Å². The number of halogens is 1. The van der Waals surface area contributed by atoms with Gasteiger partial charge in [-0.2, -0.15) is 0 Å². The van der Waals surface area contributed by atoms with Crippen LogP contribution in [-0.4, -0.2) is 65.6 Å². The molecule has 3 fully saturated rings. The molecular formula is C31H37ClN8O3. The summed E-state index contributed by atoms with van der Waals surface area (Å²) in [6, 6.07) is 3.85. The van der Waals surface area contributed by atoms with Gasteiger partial charge in [-0.05, 0) is 63.5 Å². The average molecular weight is 605 g/mol. The molecule has 1 aliphatic heterocycles. The molecule has 2 aliphatic carbocycles. The van der Waals surface area contributed by atoms with Crippen LogP contribution in [0.3, 0.4) is 0 Å². The van der Waals surface area contributed by atoms with E-state index in [1.165, 1.54) is 12.8 Å². The Balaban J connectivity index is 1.39. The fourth-order valence-corrected chi connectivity index (χ4v) is 7.15. The molecule has 3 aliphatic rings. The van der Waals surface area contributed by atoms with Gasteiger partial charge in [-0.1, -0.05) is 36.5 Å². The zero-order chi connectivity index (χ0) is 29.8. The Kier molecular flexibility index (Phi) is 7.23. The third-order valence-corrected chi connectivity index (χ3v) is 9.54. The fraction of sp³-hybridized carbons (Fsp3) is 0.548. The summed E-state index contributed by atoms with van der Waals surface area (Å²) in [5.41, 5.74) is 3.48. The van der Waals surface area contributed by atoms with Gasteiger partial charge in [0.25, 0.3) is 0 Å². The van der Waals surface area contributed by atoms with Crippen molar-refractivity contribution in [1.29, 1.82) is 0 Å². The van der Waals surface area contributed by atoms with Gasteiger partial charge in [0.15, 0.2) is 0 Å². The van der Waals surface area contributed by atoms with Gasteiger partial charge in [0.1, 0.15) is 5.69 Å². The number of fused-ring (bicyclic) bond motifs is 1. The summed E-state index contributed by atoms with van der Waals surface area (Å²) in [5, 5.41) is 4.40. The molecule has 0 radical (unpaired) electrons. The zero-order valence-corrected chi connectivity index (χ0v) is 25.5. The molecule has 43 heavy (non-hydrogen) atoms. The number of hydrogen-bond acceptors (Lipinski definition) is 8. The van der Waals surface area contributed by atoms with Crippen molar-refractivity contribution in [2.75, 3.05) is 18.0 Å². The van der Waals surface area contributed by atoms with Gasteiger partial charge in [0.05, 0.1) is 21.7 Å². The maximum absolute atomic E-state index is 13.0. The molecule has 1 N–H and O–H groups in total. The SMILES string of the molecule is CC1CCC(Cn2c(N3[C@H](C)CN(C(=O)C4CC4)C[C@H]3C)nc3cc(-c4noc(=O)[nH]4)nc(-c4cncc(Cl)c4)c32)CC1. The summed E-state index contributed by atoms with van der Waals surface area (Å²) in [7, 11) is 0. The maximum Gasteiger partial charge on any atom is 0.439 e. The molecule has 7 rings (SSSR count). The second kappa shape index (κ2) is 11.1. The van der Waals surface area contributed by atoms with E-state index >= 15 is 0 Å². The number of imidazole rings is 1. The van der Waals surface area contributed by atoms with Crippen molar-refractivity contribution in [3.63, 3.8) is 0 Å². The largest absolute Gasteiger partial charge is 0.439 e. The number of hydrogen-bond donors (Lipinski definition) is 1. The minimum absolute atomic E-state index is 0.0731. The molecule has 4 aromatic heterocycles. The lowest BCUT2D eigenvalue weighted by atomic mass is 9.83. The standard InChI is InChI=1S/C31H37ClN8O3/c1-17-4-6-20(7-5-17)16-39-27-24(35-30(39)40-18(2)14-38(15-19(40)3)29(41)21-8-9-21)11-25(28-36-31(42)43-37-28)34-26(27)22-10-23(32)13-33-12-22/h10-13,17-21H,4-9,14-16H2,1-3H3,(H,36,37,42)/t17?,18-,19-,20?/m1/s1. The van der Waals surface area contributed by atoms with Crippen LogP contribution in [0, 0.1) is 17.8 Å². The Morgan fingerprint density at radius 1 is 1.02 bits per heavy atom. The summed E-state index contributed by atoms with van der Waals surface area (Å²) in [6.07, 6.45) is 10.1. The summed E-state index contributed by atoms with van der Waals surface area (Å²) >= 11 is 6.42. The van der Waals surface area contributed by atoms with E-state index in [1.54, 1.807) is 12.4 Å². The van der Waals surface area contributed by atoms with E-state index < -0.39 is 5.76 Å². The monoisotopic (exact) mass is 604 g/mol. The van der Waals surface area contributed by atoms with Crippen molar-refractivity contribution in [3.05, 3.63) is 40.1 Å². The predicted octanol–water partition coefficient (Wildman–Crippen LogP) is 5.15. The van der Waals surface area contributed by atoms with Crippen molar-refractivity contribution < 1.29 is 9.32 Å². The van der Waals surface area contributed by atoms with E-state index in [4.69, 9.17) is 26.1 Å². The number of amides is 1. The van der Waals surface area contributed by atoms with Crippen molar-refractivity contribution >= 4 is 34.5 Å². The van der Waals surface area contributed by atoms with Gasteiger partial charge >= 0.3 is 5.76 Å². The number of piperazine rings is 1. The lowest BCUT2D eigenvalue weighted by molar-refractivity contribution is -0.133. The van der Waals surface area contributed by atoms with E-state index in [1.807, 2.05) is 17.0 Å². The van der Waals surface area contributed by atoms with Crippen LogP contribution >= 0.6 is 11.6 Å². The quantitative estimate of drug-likeness (QED) is 0.320. The van der Waals surface area contributed by atoms with Crippen molar-refractivity contribution in [3.8, 4) is 22.8 Å². The van der Waals surface area contributed by atoms with Crippen LogP contribution in [0.1, 0.15) is 59.3 Å². The lowest BCUT2D eigenvalue weighted by Gasteiger charge is -2.45. The second-order valence-corrected chi connectivity index (χ2v) is 13.3. The van der Waals surface area contributed by atoms with Gasteiger partial charge in [-0.25, -0.2) is 14.8 Å². The smallest absolute Gasteiger partial charge is 0.338 e. The third kappa shape index (κ3) is 5.43. The van der Waals surface area contributed by atoms with Crippen molar-refractivity contribution in [2.45, 2.75) is 77.9 Å². The van der Waals surface area contributed by atoms with E-state index in [0.717, 1.165) is 60.7 Å². The zero-order valence-electron chi connectivity index (χ0n) is 24.8. The summed E-state index contributed by atoms with van der Waals surface area (Å²) in [5.74, 6) is 2.19. The highest BCUT2D eigenvalue weighted by Gasteiger charge is 2.40. The molecule has 226 valence electrons. The molecule has 0 aromatic carbocycles. The van der Waals surface area contributed by atoms with Crippen LogP contribution in [0.4, 0.5) is 5.95 Å². The average Bonchev–Trinajstić information content (AvgIpc) is 3.65. The molecule has 11 nitrogen and oxygen atoms in total. The first kappa shape index (κ1) is 28.1. The number of anilines is 1. The van der Waals surface area contributed by atoms with E-state index in [0.29, 0.717) is 35.4 Å². The Morgan fingerprint density at radius 2 is 1.77 bits per heavy atom. The second-order valence-electron chi connectivity index (χ2n) is 12.8. The summed E-state index contributed by atoms with van der Waals surface area (Å²) in [4.78, 5) is 46.5. The number of carbonyl (C=O) groups is 1. The Bertz CT molecular complexity index is 1710. The number of pyridine rings is 2. The maximum atomic E-state index is 13.0. The van der Waals surface area contributed by atoms with Crippen LogP contribution in [0.15, 0.2) is 33.8 Å². The highest BCUT2D eigenvalue weighted by atomic mass is 35.5. The molecule has 0 unspecified atom stereocenters. The number of carbonyl (C=O) groups excluding carboxylic acids is 1. The molecule has 5 heterocycles. The number of aromatic amines is 1. The van der Waals surface area contributed by atoms with Gasteiger partial charge in [0, 0.05) is 55.6 Å². The minimum Gasteiger partial charge on any atom is -0.338 e. The van der Waals surface area contributed by atoms with Crippen LogP contribution < -0.4 is 10.7 Å². The van der Waals surface area contributed by atoms with E-state index in [9.17, 15) is 9.59 Å². The number of nitrogens with one attached hydrogen (secondary N) is 1.